The number of hydrogen-bond donors (Lipinski definition) is 1. The summed E-state index contributed by atoms with van der Waals surface area (Å²) in [7, 11) is 0. The minimum absolute atomic E-state index is 0.0128. The molecule has 2 aliphatic heterocycles. The molecule has 7 nitrogen and oxygen atoms in total. The van der Waals surface area contributed by atoms with Gasteiger partial charge in [-0.1, -0.05) is 17.3 Å². The third-order valence-corrected chi connectivity index (χ3v) is 5.04. The van der Waals surface area contributed by atoms with Gasteiger partial charge in [-0.2, -0.15) is 4.98 Å². The Labute approximate surface area is 144 Å². The molecule has 2 atom stereocenters. The van der Waals surface area contributed by atoms with Crippen molar-refractivity contribution >= 4 is 6.03 Å². The zero-order chi connectivity index (χ0) is 17.6. The zero-order valence-corrected chi connectivity index (χ0v) is 14.2. The molecule has 8 heteroatoms. The number of carbonyl (C=O) groups excluding carboxylic acids is 1. The van der Waals surface area contributed by atoms with Gasteiger partial charge >= 0.3 is 6.03 Å². The van der Waals surface area contributed by atoms with E-state index in [9.17, 15) is 9.18 Å². The van der Waals surface area contributed by atoms with Gasteiger partial charge in [0, 0.05) is 31.7 Å². The average molecular weight is 345 g/mol. The van der Waals surface area contributed by atoms with Gasteiger partial charge in [0.2, 0.25) is 11.7 Å². The van der Waals surface area contributed by atoms with Crippen LogP contribution in [0.15, 0.2) is 22.7 Å². The molecule has 2 fully saturated rings. The molecule has 1 aromatic heterocycles. The lowest BCUT2D eigenvalue weighted by molar-refractivity contribution is 0.0812. The minimum Gasteiger partial charge on any atom is -0.337 e. The van der Waals surface area contributed by atoms with Gasteiger partial charge in [-0.25, -0.2) is 9.18 Å². The van der Waals surface area contributed by atoms with Crippen LogP contribution in [-0.4, -0.2) is 58.2 Å². The number of urea groups is 1. The highest BCUT2D eigenvalue weighted by molar-refractivity contribution is 5.77. The Hall–Kier alpha value is -2.48. The smallest absolute Gasteiger partial charge is 0.317 e. The van der Waals surface area contributed by atoms with Crippen LogP contribution >= 0.6 is 0 Å². The van der Waals surface area contributed by atoms with Crippen LogP contribution in [0.5, 0.6) is 0 Å². The molecule has 0 aliphatic carbocycles. The molecule has 0 radical (unpaired) electrons. The maximum absolute atomic E-state index is 13.7. The van der Waals surface area contributed by atoms with Crippen LogP contribution in [0.4, 0.5) is 9.18 Å². The first-order valence-electron chi connectivity index (χ1n) is 8.41. The number of hydrogen-bond acceptors (Lipinski definition) is 5. The molecule has 2 aliphatic rings. The second-order valence-electron chi connectivity index (χ2n) is 6.62. The summed E-state index contributed by atoms with van der Waals surface area (Å²) >= 11 is 0. The molecule has 0 saturated carbocycles. The van der Waals surface area contributed by atoms with Crippen molar-refractivity contribution in [1.29, 1.82) is 0 Å². The topological polar surface area (TPSA) is 74.5 Å². The number of aromatic nitrogens is 2. The number of benzene rings is 1. The minimum atomic E-state index is -0.286. The molecule has 0 spiro atoms. The van der Waals surface area contributed by atoms with Gasteiger partial charge in [0.05, 0.1) is 12.1 Å². The first kappa shape index (κ1) is 16.0. The summed E-state index contributed by atoms with van der Waals surface area (Å²) in [5.74, 6) is 0.602. The Kier molecular flexibility index (Phi) is 3.91. The summed E-state index contributed by atoms with van der Waals surface area (Å²) in [6.07, 6.45) is 0. The van der Waals surface area contributed by atoms with E-state index >= 15 is 0 Å². The third kappa shape index (κ3) is 2.86. The Morgan fingerprint density at radius 3 is 3.04 bits per heavy atom. The van der Waals surface area contributed by atoms with E-state index in [0.29, 0.717) is 35.9 Å². The summed E-state index contributed by atoms with van der Waals surface area (Å²) < 4.78 is 19.2. The number of rotatable bonds is 3. The Balaban J connectivity index is 1.50. The highest BCUT2D eigenvalue weighted by Gasteiger charge is 2.37. The Bertz CT molecular complexity index is 808. The van der Waals surface area contributed by atoms with Crippen molar-refractivity contribution in [2.75, 3.05) is 26.2 Å². The maximum atomic E-state index is 13.7. The first-order valence-corrected chi connectivity index (χ1v) is 8.41. The largest absolute Gasteiger partial charge is 0.337 e. The van der Waals surface area contributed by atoms with E-state index in [4.69, 9.17) is 4.52 Å². The number of nitrogens with one attached hydrogen (secondary N) is 1. The fourth-order valence-electron chi connectivity index (χ4n) is 3.39. The molecular formula is C17H20FN5O2. The number of aryl methyl sites for hydroxylation is 1. The molecule has 132 valence electrons. The predicted octanol–water partition coefficient (Wildman–Crippen LogP) is 1.95. The average Bonchev–Trinajstić information content (AvgIpc) is 3.24. The normalized spacial score (nSPS) is 22.0. The molecule has 0 bridgehead atoms. The van der Waals surface area contributed by atoms with Crippen LogP contribution in [0.2, 0.25) is 0 Å². The summed E-state index contributed by atoms with van der Waals surface area (Å²) in [6.45, 7) is 6.58. The van der Waals surface area contributed by atoms with Crippen molar-refractivity contribution in [2.24, 2.45) is 0 Å². The lowest BCUT2D eigenvalue weighted by Gasteiger charge is -2.38. The van der Waals surface area contributed by atoms with E-state index in [-0.39, 0.29) is 23.9 Å². The first-order chi connectivity index (χ1) is 12.0. The van der Waals surface area contributed by atoms with Gasteiger partial charge in [-0.3, -0.25) is 4.90 Å². The van der Waals surface area contributed by atoms with Crippen LogP contribution in [0.1, 0.15) is 24.4 Å². The van der Waals surface area contributed by atoms with Gasteiger partial charge in [0.1, 0.15) is 5.82 Å². The van der Waals surface area contributed by atoms with Gasteiger partial charge < -0.3 is 14.7 Å². The van der Waals surface area contributed by atoms with Crippen LogP contribution in [0.25, 0.3) is 11.4 Å². The maximum Gasteiger partial charge on any atom is 0.317 e. The van der Waals surface area contributed by atoms with Gasteiger partial charge in [0.15, 0.2) is 0 Å². The summed E-state index contributed by atoms with van der Waals surface area (Å²) in [4.78, 5) is 20.2. The lowest BCUT2D eigenvalue weighted by Crippen LogP contribution is -2.52. The van der Waals surface area contributed by atoms with E-state index in [1.54, 1.807) is 19.1 Å². The summed E-state index contributed by atoms with van der Waals surface area (Å²) in [6, 6.07) is 5.04. The fraction of sp³-hybridized carbons (Fsp3) is 0.471. The molecule has 1 N–H and O–H groups in total. The number of amides is 2. The summed E-state index contributed by atoms with van der Waals surface area (Å²) in [5, 5.41) is 6.86. The molecular weight excluding hydrogens is 325 g/mol. The van der Waals surface area contributed by atoms with Crippen LogP contribution in [-0.2, 0) is 0 Å². The molecule has 25 heavy (non-hydrogen) atoms. The number of fused-ring (bicyclic) bond motifs is 1. The summed E-state index contributed by atoms with van der Waals surface area (Å²) in [5.41, 5.74) is 1.18. The van der Waals surface area contributed by atoms with Crippen molar-refractivity contribution in [2.45, 2.75) is 25.9 Å². The SMILES string of the molecule is Cc1ccc(-c2noc([C@@H](C)N3CCN4C(=O)NC[C@H]4C3)n2)cc1F. The van der Waals surface area contributed by atoms with Crippen molar-refractivity contribution in [3.05, 3.63) is 35.5 Å². The van der Waals surface area contributed by atoms with E-state index < -0.39 is 0 Å². The van der Waals surface area contributed by atoms with Gasteiger partial charge in [-0.15, -0.1) is 0 Å². The quantitative estimate of drug-likeness (QED) is 0.920. The molecule has 2 aromatic rings. The van der Waals surface area contributed by atoms with Gasteiger partial charge in [0.25, 0.3) is 0 Å². The second kappa shape index (κ2) is 6.11. The third-order valence-electron chi connectivity index (χ3n) is 5.04. The monoisotopic (exact) mass is 345 g/mol. The van der Waals surface area contributed by atoms with Crippen LogP contribution < -0.4 is 5.32 Å². The number of halogens is 1. The van der Waals surface area contributed by atoms with E-state index in [1.807, 2.05) is 11.8 Å². The zero-order valence-electron chi connectivity index (χ0n) is 14.2. The fourth-order valence-corrected chi connectivity index (χ4v) is 3.39. The van der Waals surface area contributed by atoms with Crippen LogP contribution in [0.3, 0.4) is 0 Å². The highest BCUT2D eigenvalue weighted by Crippen LogP contribution is 2.26. The van der Waals surface area contributed by atoms with Gasteiger partial charge in [-0.05, 0) is 25.5 Å². The molecule has 4 rings (SSSR count). The number of nitrogens with zero attached hydrogens (tertiary/aromatic N) is 4. The number of carbonyl (C=O) groups is 1. The lowest BCUT2D eigenvalue weighted by atomic mass is 10.1. The molecule has 2 saturated heterocycles. The van der Waals surface area contributed by atoms with E-state index in [2.05, 4.69) is 20.4 Å². The number of piperazine rings is 1. The van der Waals surface area contributed by atoms with Crippen molar-refractivity contribution in [1.82, 2.24) is 25.3 Å². The Morgan fingerprint density at radius 1 is 1.40 bits per heavy atom. The highest BCUT2D eigenvalue weighted by atomic mass is 19.1. The Morgan fingerprint density at radius 2 is 2.24 bits per heavy atom. The standard InChI is InChI=1S/C17H20FN5O2/c1-10-3-4-12(7-14(10)18)15-20-16(25-21-15)11(2)22-5-6-23-13(9-22)8-19-17(23)24/h3-4,7,11,13H,5-6,8-9H2,1-2H3,(H,19,24)/t11-,13+/m1/s1. The molecule has 2 amide bonds. The van der Waals surface area contributed by atoms with Crippen molar-refractivity contribution in [3.63, 3.8) is 0 Å². The van der Waals surface area contributed by atoms with Crippen molar-refractivity contribution in [3.8, 4) is 11.4 Å². The predicted molar refractivity (Wildman–Crippen MR) is 88.3 cm³/mol. The molecule has 3 heterocycles. The van der Waals surface area contributed by atoms with E-state index in [1.165, 1.54) is 6.07 Å². The second-order valence-corrected chi connectivity index (χ2v) is 6.62. The molecule has 0 unspecified atom stereocenters. The van der Waals surface area contributed by atoms with Crippen molar-refractivity contribution < 1.29 is 13.7 Å². The molecule has 1 aromatic carbocycles. The van der Waals surface area contributed by atoms with Crippen LogP contribution in [0, 0.1) is 12.7 Å². The van der Waals surface area contributed by atoms with E-state index in [0.717, 1.165) is 13.1 Å².